The highest BCUT2D eigenvalue weighted by atomic mass is 32.2. The van der Waals surface area contributed by atoms with Crippen LogP contribution < -0.4 is 4.90 Å². The van der Waals surface area contributed by atoms with Crippen molar-refractivity contribution < 1.29 is 0 Å². The molecule has 82 valence electrons. The Kier molecular flexibility index (Phi) is 2.55. The zero-order valence-corrected chi connectivity index (χ0v) is 10.1. The van der Waals surface area contributed by atoms with E-state index in [0.717, 1.165) is 0 Å². The SMILES string of the molecule is C#CCN1c2ccccc2Sc2ccccc21. The molecule has 1 heterocycles. The molecule has 0 N–H and O–H groups in total. The van der Waals surface area contributed by atoms with Crippen molar-refractivity contribution in [1.29, 1.82) is 0 Å². The summed E-state index contributed by atoms with van der Waals surface area (Å²) < 4.78 is 0. The molecule has 0 saturated heterocycles. The lowest BCUT2D eigenvalue weighted by Crippen LogP contribution is -2.20. The van der Waals surface area contributed by atoms with Crippen LogP contribution in [-0.2, 0) is 0 Å². The van der Waals surface area contributed by atoms with Gasteiger partial charge in [-0.1, -0.05) is 41.9 Å². The van der Waals surface area contributed by atoms with Gasteiger partial charge in [-0.05, 0) is 24.3 Å². The number of nitrogens with zero attached hydrogens (tertiary/aromatic N) is 1. The zero-order chi connectivity index (χ0) is 11.7. The lowest BCUT2D eigenvalue weighted by atomic mass is 10.2. The van der Waals surface area contributed by atoms with Crippen LogP contribution in [0.1, 0.15) is 0 Å². The quantitative estimate of drug-likeness (QED) is 0.691. The Morgan fingerprint density at radius 2 is 1.47 bits per heavy atom. The van der Waals surface area contributed by atoms with Gasteiger partial charge < -0.3 is 4.90 Å². The topological polar surface area (TPSA) is 3.24 Å². The normalized spacial score (nSPS) is 12.5. The van der Waals surface area contributed by atoms with Gasteiger partial charge in [0.15, 0.2) is 0 Å². The number of benzene rings is 2. The summed E-state index contributed by atoms with van der Waals surface area (Å²) in [4.78, 5) is 4.73. The number of anilines is 2. The molecular weight excluding hydrogens is 226 g/mol. The van der Waals surface area contributed by atoms with Crippen LogP contribution >= 0.6 is 11.8 Å². The molecule has 0 aliphatic carbocycles. The molecule has 0 saturated carbocycles. The molecular formula is C15H11NS. The van der Waals surface area contributed by atoms with Gasteiger partial charge in [0.25, 0.3) is 0 Å². The minimum Gasteiger partial charge on any atom is -0.328 e. The average Bonchev–Trinajstić information content (AvgIpc) is 2.39. The van der Waals surface area contributed by atoms with Gasteiger partial charge in [-0.3, -0.25) is 0 Å². The largest absolute Gasteiger partial charge is 0.328 e. The van der Waals surface area contributed by atoms with Crippen LogP contribution in [-0.4, -0.2) is 6.54 Å². The zero-order valence-electron chi connectivity index (χ0n) is 9.26. The molecule has 1 aliphatic heterocycles. The first kappa shape index (κ1) is 10.3. The van der Waals surface area contributed by atoms with Crippen LogP contribution in [0.15, 0.2) is 58.3 Å². The second-order valence-electron chi connectivity index (χ2n) is 3.83. The van der Waals surface area contributed by atoms with Crippen LogP contribution in [0.25, 0.3) is 0 Å². The molecule has 0 fully saturated rings. The Balaban J connectivity index is 2.18. The van der Waals surface area contributed by atoms with Crippen molar-refractivity contribution >= 4 is 23.1 Å². The lowest BCUT2D eigenvalue weighted by molar-refractivity contribution is 1.05. The molecule has 2 heteroatoms. The fraction of sp³-hybridized carbons (Fsp3) is 0.0667. The Morgan fingerprint density at radius 1 is 0.941 bits per heavy atom. The highest BCUT2D eigenvalue weighted by Gasteiger charge is 2.21. The molecule has 0 aromatic heterocycles. The second kappa shape index (κ2) is 4.20. The maximum Gasteiger partial charge on any atom is 0.0841 e. The Bertz CT molecular complexity index is 552. The summed E-state index contributed by atoms with van der Waals surface area (Å²) in [6.07, 6.45) is 5.48. The first-order chi connectivity index (χ1) is 8.40. The van der Waals surface area contributed by atoms with E-state index in [9.17, 15) is 0 Å². The van der Waals surface area contributed by atoms with Gasteiger partial charge in [-0.25, -0.2) is 0 Å². The highest BCUT2D eigenvalue weighted by molar-refractivity contribution is 7.99. The number of terminal acetylenes is 1. The number of hydrogen-bond acceptors (Lipinski definition) is 2. The van der Waals surface area contributed by atoms with Gasteiger partial charge in [0.1, 0.15) is 0 Å². The predicted molar refractivity (Wildman–Crippen MR) is 72.8 cm³/mol. The predicted octanol–water partition coefficient (Wildman–Crippen LogP) is 3.92. The highest BCUT2D eigenvalue weighted by Crippen LogP contribution is 2.47. The molecule has 1 nitrogen and oxygen atoms in total. The summed E-state index contributed by atoms with van der Waals surface area (Å²) >= 11 is 1.80. The summed E-state index contributed by atoms with van der Waals surface area (Å²) in [5.41, 5.74) is 2.41. The first-order valence-electron chi connectivity index (χ1n) is 5.47. The molecule has 0 amide bonds. The van der Waals surface area contributed by atoms with E-state index in [-0.39, 0.29) is 0 Å². The maximum absolute atomic E-state index is 5.48. The number of para-hydroxylation sites is 2. The van der Waals surface area contributed by atoms with Crippen molar-refractivity contribution in [3.05, 3.63) is 48.5 Å². The molecule has 0 atom stereocenters. The minimum absolute atomic E-state index is 0.606. The van der Waals surface area contributed by atoms with Crippen molar-refractivity contribution in [2.45, 2.75) is 9.79 Å². The summed E-state index contributed by atoms with van der Waals surface area (Å²) in [7, 11) is 0. The van der Waals surface area contributed by atoms with Crippen LogP contribution in [0.3, 0.4) is 0 Å². The van der Waals surface area contributed by atoms with E-state index in [1.54, 1.807) is 11.8 Å². The smallest absolute Gasteiger partial charge is 0.0841 e. The molecule has 1 aliphatic rings. The minimum atomic E-state index is 0.606. The van der Waals surface area contributed by atoms with E-state index in [0.29, 0.717) is 6.54 Å². The number of hydrogen-bond donors (Lipinski definition) is 0. The third-order valence-electron chi connectivity index (χ3n) is 2.78. The van der Waals surface area contributed by atoms with E-state index < -0.39 is 0 Å². The van der Waals surface area contributed by atoms with Crippen LogP contribution in [0.2, 0.25) is 0 Å². The van der Waals surface area contributed by atoms with Gasteiger partial charge in [0, 0.05) is 9.79 Å². The van der Waals surface area contributed by atoms with Crippen molar-refractivity contribution in [3.63, 3.8) is 0 Å². The number of fused-ring (bicyclic) bond motifs is 2. The summed E-state index contributed by atoms with van der Waals surface area (Å²) in [5, 5.41) is 0. The first-order valence-corrected chi connectivity index (χ1v) is 6.29. The molecule has 0 radical (unpaired) electrons. The van der Waals surface area contributed by atoms with Crippen molar-refractivity contribution in [2.24, 2.45) is 0 Å². The maximum atomic E-state index is 5.48. The fourth-order valence-electron chi connectivity index (χ4n) is 2.04. The van der Waals surface area contributed by atoms with Crippen LogP contribution in [0.5, 0.6) is 0 Å². The third kappa shape index (κ3) is 1.69. The van der Waals surface area contributed by atoms with Gasteiger partial charge in [-0.15, -0.1) is 6.42 Å². The van der Waals surface area contributed by atoms with Crippen molar-refractivity contribution in [2.75, 3.05) is 11.4 Å². The second-order valence-corrected chi connectivity index (χ2v) is 4.91. The summed E-state index contributed by atoms with van der Waals surface area (Å²) in [6, 6.07) is 16.7. The van der Waals surface area contributed by atoms with E-state index in [2.05, 4.69) is 59.4 Å². The molecule has 3 rings (SSSR count). The fourth-order valence-corrected chi connectivity index (χ4v) is 3.14. The van der Waals surface area contributed by atoms with E-state index in [1.807, 2.05) is 0 Å². The Hall–Kier alpha value is -1.85. The molecule has 2 aromatic carbocycles. The van der Waals surface area contributed by atoms with Crippen molar-refractivity contribution in [3.8, 4) is 12.3 Å². The molecule has 2 aromatic rings. The van der Waals surface area contributed by atoms with Crippen LogP contribution in [0.4, 0.5) is 11.4 Å². The van der Waals surface area contributed by atoms with Crippen molar-refractivity contribution in [1.82, 2.24) is 0 Å². The molecule has 0 unspecified atom stereocenters. The van der Waals surface area contributed by atoms with Gasteiger partial charge in [-0.2, -0.15) is 0 Å². The standard InChI is InChI=1S/C15H11NS/c1-2-11-16-12-7-3-5-9-14(12)17-15-10-6-4-8-13(15)16/h1,3-10H,11H2. The monoisotopic (exact) mass is 237 g/mol. The lowest BCUT2D eigenvalue weighted by Gasteiger charge is -2.31. The van der Waals surface area contributed by atoms with Gasteiger partial charge >= 0.3 is 0 Å². The van der Waals surface area contributed by atoms with Crippen LogP contribution in [0, 0.1) is 12.3 Å². The van der Waals surface area contributed by atoms with Gasteiger partial charge in [0.2, 0.25) is 0 Å². The summed E-state index contributed by atoms with van der Waals surface area (Å²) in [5.74, 6) is 2.74. The summed E-state index contributed by atoms with van der Waals surface area (Å²) in [6.45, 7) is 0.606. The van der Waals surface area contributed by atoms with E-state index in [1.165, 1.54) is 21.2 Å². The third-order valence-corrected chi connectivity index (χ3v) is 3.91. The van der Waals surface area contributed by atoms with Gasteiger partial charge in [0.05, 0.1) is 17.9 Å². The number of rotatable bonds is 1. The Morgan fingerprint density at radius 3 is 2.00 bits per heavy atom. The average molecular weight is 237 g/mol. The molecule has 0 bridgehead atoms. The molecule has 17 heavy (non-hydrogen) atoms. The van der Waals surface area contributed by atoms with E-state index in [4.69, 9.17) is 6.42 Å². The Labute approximate surface area is 105 Å². The van der Waals surface area contributed by atoms with E-state index >= 15 is 0 Å². The molecule has 0 spiro atoms.